The van der Waals surface area contributed by atoms with Crippen LogP contribution in [0.2, 0.25) is 0 Å². The molecule has 0 radical (unpaired) electrons. The number of aliphatic carboxylic acids is 1. The van der Waals surface area contributed by atoms with Crippen molar-refractivity contribution in [1.29, 1.82) is 0 Å². The van der Waals surface area contributed by atoms with Crippen LogP contribution in [0, 0.1) is 0 Å². The Morgan fingerprint density at radius 2 is 2.33 bits per heavy atom. The Labute approximate surface area is 103 Å². The lowest BCUT2D eigenvalue weighted by atomic mass is 10.2. The largest absolute Gasteiger partial charge is 0.480 e. The van der Waals surface area contributed by atoms with E-state index < -0.39 is 24.1 Å². The number of hydrogen-bond acceptors (Lipinski definition) is 4. The van der Waals surface area contributed by atoms with E-state index in [-0.39, 0.29) is 19.5 Å². The number of nitrogens with one attached hydrogen (secondary N) is 1. The van der Waals surface area contributed by atoms with Crippen LogP contribution in [0.5, 0.6) is 0 Å². The van der Waals surface area contributed by atoms with E-state index in [2.05, 4.69) is 5.32 Å². The van der Waals surface area contributed by atoms with Crippen LogP contribution in [0.15, 0.2) is 23.0 Å². The molecule has 1 aliphatic rings. The minimum absolute atomic E-state index is 0.0359. The molecule has 1 aliphatic heterocycles. The van der Waals surface area contributed by atoms with Crippen molar-refractivity contribution in [2.24, 2.45) is 0 Å². The summed E-state index contributed by atoms with van der Waals surface area (Å²) in [6.45, 7) is 0.294. The number of nitrogens with zero attached hydrogens (tertiary/aromatic N) is 1. The van der Waals surface area contributed by atoms with Crippen LogP contribution in [-0.2, 0) is 11.3 Å². The number of urea groups is 1. The highest BCUT2D eigenvalue weighted by atomic mass is 16.4. The van der Waals surface area contributed by atoms with Crippen LogP contribution in [0.3, 0.4) is 0 Å². The Hall–Kier alpha value is -2.02. The second-order valence-electron chi connectivity index (χ2n) is 4.19. The second-order valence-corrected chi connectivity index (χ2v) is 4.19. The number of amides is 2. The maximum Gasteiger partial charge on any atom is 0.326 e. The first-order valence-corrected chi connectivity index (χ1v) is 5.54. The van der Waals surface area contributed by atoms with Crippen molar-refractivity contribution in [2.45, 2.75) is 25.1 Å². The zero-order chi connectivity index (χ0) is 13.1. The molecule has 7 nitrogen and oxygen atoms in total. The van der Waals surface area contributed by atoms with Crippen molar-refractivity contribution < 1.29 is 24.2 Å². The van der Waals surface area contributed by atoms with Crippen LogP contribution in [-0.4, -0.2) is 45.8 Å². The van der Waals surface area contributed by atoms with Crippen molar-refractivity contribution >= 4 is 12.0 Å². The number of aliphatic hydroxyl groups is 1. The number of carbonyl (C=O) groups is 2. The molecule has 2 amide bonds. The SMILES string of the molecule is O=C(O)C1CC(O)CN1C(=O)NCc1ccoc1. The van der Waals surface area contributed by atoms with E-state index >= 15 is 0 Å². The average molecular weight is 254 g/mol. The molecular formula is C11H14N2O5. The van der Waals surface area contributed by atoms with E-state index in [0.29, 0.717) is 0 Å². The van der Waals surface area contributed by atoms with Gasteiger partial charge in [-0.3, -0.25) is 0 Å². The Kier molecular flexibility index (Phi) is 3.52. The molecule has 2 atom stereocenters. The van der Waals surface area contributed by atoms with Crippen LogP contribution in [0.25, 0.3) is 0 Å². The molecule has 0 aromatic carbocycles. The first kappa shape index (κ1) is 12.4. The molecule has 7 heteroatoms. The molecule has 98 valence electrons. The molecular weight excluding hydrogens is 240 g/mol. The molecule has 1 saturated heterocycles. The number of hydrogen-bond donors (Lipinski definition) is 3. The summed E-state index contributed by atoms with van der Waals surface area (Å²) >= 11 is 0. The topological polar surface area (TPSA) is 103 Å². The minimum atomic E-state index is -1.11. The summed E-state index contributed by atoms with van der Waals surface area (Å²) in [5.74, 6) is -1.11. The number of aliphatic hydroxyl groups excluding tert-OH is 1. The predicted molar refractivity (Wildman–Crippen MR) is 59.7 cm³/mol. The Morgan fingerprint density at radius 3 is 2.94 bits per heavy atom. The van der Waals surface area contributed by atoms with Gasteiger partial charge in [-0.05, 0) is 6.07 Å². The number of carbonyl (C=O) groups excluding carboxylic acids is 1. The maximum absolute atomic E-state index is 11.8. The van der Waals surface area contributed by atoms with Gasteiger partial charge in [0.25, 0.3) is 0 Å². The molecule has 2 heterocycles. The molecule has 2 unspecified atom stereocenters. The molecule has 3 N–H and O–H groups in total. The van der Waals surface area contributed by atoms with E-state index in [4.69, 9.17) is 9.52 Å². The molecule has 0 bridgehead atoms. The van der Waals surface area contributed by atoms with Crippen molar-refractivity contribution in [3.63, 3.8) is 0 Å². The van der Waals surface area contributed by atoms with Gasteiger partial charge in [0.05, 0.1) is 18.6 Å². The fourth-order valence-corrected chi connectivity index (χ4v) is 1.94. The first-order valence-electron chi connectivity index (χ1n) is 5.54. The molecule has 1 fully saturated rings. The summed E-state index contributed by atoms with van der Waals surface area (Å²) < 4.78 is 4.85. The number of carboxylic acid groups (broad SMARTS) is 1. The molecule has 0 aliphatic carbocycles. The third-order valence-electron chi connectivity index (χ3n) is 2.85. The van der Waals surface area contributed by atoms with Crippen LogP contribution in [0.4, 0.5) is 4.79 Å². The summed E-state index contributed by atoms with van der Waals surface area (Å²) in [6.07, 6.45) is 2.26. The second kappa shape index (κ2) is 5.09. The zero-order valence-electron chi connectivity index (χ0n) is 9.57. The molecule has 2 rings (SSSR count). The molecule has 0 saturated carbocycles. The fourth-order valence-electron chi connectivity index (χ4n) is 1.94. The zero-order valence-corrected chi connectivity index (χ0v) is 9.57. The highest BCUT2D eigenvalue weighted by Gasteiger charge is 2.38. The van der Waals surface area contributed by atoms with E-state index in [0.717, 1.165) is 10.5 Å². The van der Waals surface area contributed by atoms with Crippen LogP contribution >= 0.6 is 0 Å². The lowest BCUT2D eigenvalue weighted by Gasteiger charge is -2.21. The summed E-state index contributed by atoms with van der Waals surface area (Å²) in [7, 11) is 0. The number of furan rings is 1. The minimum Gasteiger partial charge on any atom is -0.480 e. The van der Waals surface area contributed by atoms with E-state index in [1.54, 1.807) is 6.07 Å². The van der Waals surface area contributed by atoms with Gasteiger partial charge in [0.1, 0.15) is 6.04 Å². The van der Waals surface area contributed by atoms with Crippen molar-refractivity contribution in [3.8, 4) is 0 Å². The summed E-state index contributed by atoms with van der Waals surface area (Å²) in [4.78, 5) is 23.9. The highest BCUT2D eigenvalue weighted by molar-refractivity contribution is 5.83. The van der Waals surface area contributed by atoms with Gasteiger partial charge in [-0.25, -0.2) is 9.59 Å². The Morgan fingerprint density at radius 1 is 1.56 bits per heavy atom. The van der Waals surface area contributed by atoms with Gasteiger partial charge in [-0.15, -0.1) is 0 Å². The standard InChI is InChI=1S/C11H14N2O5/c14-8-3-9(10(15)16)13(5-8)11(17)12-4-7-1-2-18-6-7/h1-2,6,8-9,14H,3-5H2,(H,12,17)(H,15,16). The number of β-amino-alcohol motifs (C(OH)–C–C–N with tert-alkyl or cyclic N) is 1. The lowest BCUT2D eigenvalue weighted by Crippen LogP contribution is -2.45. The van der Waals surface area contributed by atoms with Crippen molar-refractivity contribution in [3.05, 3.63) is 24.2 Å². The molecule has 0 spiro atoms. The Balaban J connectivity index is 1.93. The van der Waals surface area contributed by atoms with Gasteiger partial charge in [-0.1, -0.05) is 0 Å². The van der Waals surface area contributed by atoms with Gasteiger partial charge in [-0.2, -0.15) is 0 Å². The quantitative estimate of drug-likeness (QED) is 0.705. The normalized spacial score (nSPS) is 23.1. The number of likely N-dealkylation sites (tertiary alicyclic amines) is 1. The molecule has 18 heavy (non-hydrogen) atoms. The summed E-state index contributed by atoms with van der Waals surface area (Å²) in [5, 5.41) is 21.0. The molecule has 1 aromatic heterocycles. The Bertz CT molecular complexity index is 431. The van der Waals surface area contributed by atoms with Crippen molar-refractivity contribution in [1.82, 2.24) is 10.2 Å². The lowest BCUT2D eigenvalue weighted by molar-refractivity contribution is -0.141. The maximum atomic E-state index is 11.8. The monoisotopic (exact) mass is 254 g/mol. The van der Waals surface area contributed by atoms with Crippen LogP contribution < -0.4 is 5.32 Å². The van der Waals surface area contributed by atoms with E-state index in [9.17, 15) is 14.7 Å². The van der Waals surface area contributed by atoms with Gasteiger partial charge >= 0.3 is 12.0 Å². The molecule has 1 aromatic rings. The van der Waals surface area contributed by atoms with Gasteiger partial charge in [0, 0.05) is 25.1 Å². The summed E-state index contributed by atoms with van der Waals surface area (Å²) in [6, 6.07) is 0.234. The van der Waals surface area contributed by atoms with Gasteiger partial charge in [0.2, 0.25) is 0 Å². The third kappa shape index (κ3) is 2.62. The number of rotatable bonds is 3. The summed E-state index contributed by atoms with van der Waals surface area (Å²) in [5.41, 5.74) is 0.787. The average Bonchev–Trinajstić information content (AvgIpc) is 2.94. The van der Waals surface area contributed by atoms with Crippen LogP contribution in [0.1, 0.15) is 12.0 Å². The first-order chi connectivity index (χ1) is 8.58. The van der Waals surface area contributed by atoms with E-state index in [1.807, 2.05) is 0 Å². The predicted octanol–water partition coefficient (Wildman–Crippen LogP) is 0.00900. The smallest absolute Gasteiger partial charge is 0.326 e. The third-order valence-corrected chi connectivity index (χ3v) is 2.85. The van der Waals surface area contributed by atoms with Gasteiger partial charge in [0.15, 0.2) is 0 Å². The van der Waals surface area contributed by atoms with Crippen molar-refractivity contribution in [2.75, 3.05) is 6.54 Å². The number of carboxylic acids is 1. The van der Waals surface area contributed by atoms with E-state index in [1.165, 1.54) is 12.5 Å². The highest BCUT2D eigenvalue weighted by Crippen LogP contribution is 2.18. The van der Waals surface area contributed by atoms with Gasteiger partial charge < -0.3 is 24.8 Å². The fraction of sp³-hybridized carbons (Fsp3) is 0.455.